The summed E-state index contributed by atoms with van der Waals surface area (Å²) in [5.74, 6) is 0.140. The molecule has 0 N–H and O–H groups in total. The van der Waals surface area contributed by atoms with Crippen LogP contribution in [0.5, 0.6) is 5.75 Å². The molecule has 0 spiro atoms. The lowest BCUT2D eigenvalue weighted by atomic mass is 9.98. The highest BCUT2D eigenvalue weighted by molar-refractivity contribution is 5.39. The highest BCUT2D eigenvalue weighted by Gasteiger charge is 2.39. The number of benzene rings is 1. The van der Waals surface area contributed by atoms with Crippen LogP contribution in [0.1, 0.15) is 5.56 Å². The van der Waals surface area contributed by atoms with Crippen LogP contribution in [-0.2, 0) is 11.2 Å². The van der Waals surface area contributed by atoms with Crippen LogP contribution in [0.3, 0.4) is 0 Å². The summed E-state index contributed by atoms with van der Waals surface area (Å²) >= 11 is 0. The molecule has 6 heteroatoms. The van der Waals surface area contributed by atoms with Crippen LogP contribution in [0.25, 0.3) is 10.4 Å². The summed E-state index contributed by atoms with van der Waals surface area (Å²) in [7, 11) is 1.54. The van der Waals surface area contributed by atoms with E-state index in [4.69, 9.17) is 15.0 Å². The van der Waals surface area contributed by atoms with Gasteiger partial charge in [0.1, 0.15) is 17.2 Å². The second kappa shape index (κ2) is 4.61. The maximum Gasteiger partial charge on any atom is 0.142 e. The second-order valence-corrected chi connectivity index (χ2v) is 3.96. The Morgan fingerprint density at radius 2 is 2.59 bits per heavy atom. The fourth-order valence-corrected chi connectivity index (χ4v) is 1.96. The molecule has 1 radical (unpaired) electrons. The topological polar surface area (TPSA) is 67.2 Å². The fraction of sp³-hybridized carbons (Fsp3) is 0.455. The number of fused-ring (bicyclic) bond motifs is 1. The Labute approximate surface area is 97.8 Å². The number of methoxy groups -OCH3 is 1. The third-order valence-electron chi connectivity index (χ3n) is 2.61. The van der Waals surface area contributed by atoms with Gasteiger partial charge in [-0.25, -0.2) is 4.39 Å². The van der Waals surface area contributed by atoms with Gasteiger partial charge in [-0.2, -0.15) is 0 Å². The van der Waals surface area contributed by atoms with Crippen molar-refractivity contribution in [2.24, 2.45) is 5.11 Å². The maximum absolute atomic E-state index is 13.1. The van der Waals surface area contributed by atoms with Crippen LogP contribution in [0.15, 0.2) is 17.2 Å². The number of hydrogen-bond donors (Lipinski definition) is 0. The number of halogens is 1. The molecule has 1 aliphatic rings. The average molecular weight is 236 g/mol. The first-order chi connectivity index (χ1) is 8.19. The first kappa shape index (κ1) is 11.7. The molecule has 1 aromatic rings. The third-order valence-corrected chi connectivity index (χ3v) is 2.61. The van der Waals surface area contributed by atoms with E-state index in [0.717, 1.165) is 5.56 Å². The molecule has 0 aromatic heterocycles. The molecular formula is C11H11FN3O2. The van der Waals surface area contributed by atoms with Gasteiger partial charge in [-0.1, -0.05) is 5.11 Å². The van der Waals surface area contributed by atoms with E-state index >= 15 is 0 Å². The predicted octanol–water partition coefficient (Wildman–Crippen LogP) is 2.26. The lowest BCUT2D eigenvalue weighted by Gasteiger charge is -2.25. The van der Waals surface area contributed by atoms with Gasteiger partial charge in [0.2, 0.25) is 0 Å². The molecule has 5 nitrogen and oxygen atoms in total. The van der Waals surface area contributed by atoms with Crippen LogP contribution in [0, 0.1) is 11.9 Å². The molecule has 1 unspecified atom stereocenters. The van der Waals surface area contributed by atoms with E-state index in [1.165, 1.54) is 19.2 Å². The van der Waals surface area contributed by atoms with Crippen molar-refractivity contribution in [3.63, 3.8) is 0 Å². The Morgan fingerprint density at radius 3 is 3.29 bits per heavy atom. The zero-order chi connectivity index (χ0) is 12.3. The second-order valence-electron chi connectivity index (χ2n) is 3.96. The van der Waals surface area contributed by atoms with Gasteiger partial charge in [0.25, 0.3) is 0 Å². The summed E-state index contributed by atoms with van der Waals surface area (Å²) in [6, 6.07) is 5.34. The Kier molecular flexibility index (Phi) is 3.17. The van der Waals surface area contributed by atoms with Crippen molar-refractivity contribution in [2.45, 2.75) is 12.0 Å². The summed E-state index contributed by atoms with van der Waals surface area (Å²) in [5.41, 5.74) is 8.34. The zero-order valence-corrected chi connectivity index (χ0v) is 9.31. The molecular weight excluding hydrogens is 225 g/mol. The Morgan fingerprint density at radius 1 is 1.76 bits per heavy atom. The number of nitrogens with zero attached hydrogens (tertiary/aromatic N) is 3. The predicted molar refractivity (Wildman–Crippen MR) is 58.2 cm³/mol. The Balaban J connectivity index is 2.26. The molecule has 0 bridgehead atoms. The monoisotopic (exact) mass is 236 g/mol. The molecule has 1 atom stereocenters. The molecule has 17 heavy (non-hydrogen) atoms. The van der Waals surface area contributed by atoms with E-state index in [9.17, 15) is 4.39 Å². The van der Waals surface area contributed by atoms with Crippen molar-refractivity contribution in [3.8, 4) is 5.75 Å². The van der Waals surface area contributed by atoms with E-state index in [-0.39, 0.29) is 19.0 Å². The highest BCUT2D eigenvalue weighted by atomic mass is 19.1. The summed E-state index contributed by atoms with van der Waals surface area (Å²) in [6.07, 6.45) is 0.448. The van der Waals surface area contributed by atoms with Gasteiger partial charge < -0.3 is 9.47 Å². The van der Waals surface area contributed by atoms with Crippen molar-refractivity contribution in [3.05, 3.63) is 40.0 Å². The van der Waals surface area contributed by atoms with Gasteiger partial charge >= 0.3 is 0 Å². The van der Waals surface area contributed by atoms with Crippen LogP contribution in [0.2, 0.25) is 0 Å². The van der Waals surface area contributed by atoms with Gasteiger partial charge in [-0.05, 0) is 17.7 Å². The quantitative estimate of drug-likeness (QED) is 0.457. The fourth-order valence-electron chi connectivity index (χ4n) is 1.96. The van der Waals surface area contributed by atoms with Crippen molar-refractivity contribution in [1.29, 1.82) is 0 Å². The molecule has 1 aromatic carbocycles. The lowest BCUT2D eigenvalue weighted by Crippen LogP contribution is -2.42. The van der Waals surface area contributed by atoms with Gasteiger partial charge in [-0.3, -0.25) is 0 Å². The zero-order valence-electron chi connectivity index (χ0n) is 9.31. The minimum absolute atomic E-state index is 0.140. The summed E-state index contributed by atoms with van der Waals surface area (Å²) in [5, 5.41) is 3.52. The van der Waals surface area contributed by atoms with E-state index in [0.29, 0.717) is 12.2 Å². The third kappa shape index (κ3) is 2.33. The Bertz CT molecular complexity index is 474. The molecule has 0 saturated carbocycles. The molecule has 2 rings (SSSR count). The molecule has 1 aliphatic heterocycles. The lowest BCUT2D eigenvalue weighted by molar-refractivity contribution is 0.0130. The smallest absolute Gasteiger partial charge is 0.142 e. The number of ether oxygens (including phenoxy) is 2. The minimum Gasteiger partial charge on any atom is -0.483 e. The van der Waals surface area contributed by atoms with E-state index in [1.807, 2.05) is 0 Å². The first-order valence-corrected chi connectivity index (χ1v) is 5.08. The van der Waals surface area contributed by atoms with Gasteiger partial charge in [0, 0.05) is 30.1 Å². The summed E-state index contributed by atoms with van der Waals surface area (Å²) in [4.78, 5) is 2.71. The van der Waals surface area contributed by atoms with Crippen LogP contribution >= 0.6 is 0 Å². The molecule has 0 amide bonds. The van der Waals surface area contributed by atoms with Crippen LogP contribution in [0.4, 0.5) is 4.39 Å². The first-order valence-electron chi connectivity index (χ1n) is 5.08. The number of azide groups is 1. The standard InChI is InChI=1S/C11H11FN3O2/c1-16-7-11(6-14-15-13)5-8-4-9(12)2-3-10(8)17-11/h2,4H,5-7H2,1H3. The summed E-state index contributed by atoms with van der Waals surface area (Å²) in [6.45, 7) is 0.414. The van der Waals surface area contributed by atoms with Gasteiger partial charge in [0.05, 0.1) is 13.2 Å². The minimum atomic E-state index is -0.742. The normalized spacial score (nSPS) is 21.5. The average Bonchev–Trinajstić information content (AvgIpc) is 2.65. The SMILES string of the molecule is COCC1(CN=[N+]=[N-])Cc2cc(F)c[c]c2O1. The van der Waals surface area contributed by atoms with E-state index in [1.54, 1.807) is 0 Å². The molecule has 1 heterocycles. The molecule has 89 valence electrons. The van der Waals surface area contributed by atoms with Gasteiger partial charge in [0.15, 0.2) is 0 Å². The van der Waals surface area contributed by atoms with E-state index < -0.39 is 5.60 Å². The Hall–Kier alpha value is -1.78. The van der Waals surface area contributed by atoms with Crippen molar-refractivity contribution >= 4 is 0 Å². The van der Waals surface area contributed by atoms with Crippen molar-refractivity contribution in [2.75, 3.05) is 20.3 Å². The maximum atomic E-state index is 13.1. The highest BCUT2D eigenvalue weighted by Crippen LogP contribution is 2.35. The number of rotatable bonds is 4. The molecule has 0 saturated heterocycles. The number of hydrogen-bond acceptors (Lipinski definition) is 3. The molecule has 0 fully saturated rings. The van der Waals surface area contributed by atoms with Crippen LogP contribution in [-0.4, -0.2) is 25.9 Å². The summed E-state index contributed by atoms with van der Waals surface area (Å²) < 4.78 is 23.8. The molecule has 0 aliphatic carbocycles. The van der Waals surface area contributed by atoms with Crippen LogP contribution < -0.4 is 4.74 Å². The van der Waals surface area contributed by atoms with Crippen molar-refractivity contribution in [1.82, 2.24) is 0 Å². The van der Waals surface area contributed by atoms with Crippen molar-refractivity contribution < 1.29 is 13.9 Å². The van der Waals surface area contributed by atoms with E-state index in [2.05, 4.69) is 16.1 Å². The van der Waals surface area contributed by atoms with Gasteiger partial charge in [-0.15, -0.1) is 0 Å². The largest absolute Gasteiger partial charge is 0.483 e.